The first-order valence-corrected chi connectivity index (χ1v) is 12.6. The van der Waals surface area contributed by atoms with Gasteiger partial charge in [-0.2, -0.15) is 0 Å². The van der Waals surface area contributed by atoms with Gasteiger partial charge in [-0.1, -0.05) is 39.0 Å². The first kappa shape index (κ1) is 20.1. The lowest BCUT2D eigenvalue weighted by Gasteiger charge is -2.39. The van der Waals surface area contributed by atoms with Gasteiger partial charge in [-0.05, 0) is 66.6 Å². The molecule has 1 aliphatic rings. The van der Waals surface area contributed by atoms with Crippen molar-refractivity contribution in [2.75, 3.05) is 0 Å². The zero-order valence-electron chi connectivity index (χ0n) is 16.9. The van der Waals surface area contributed by atoms with E-state index in [4.69, 9.17) is 4.43 Å². The summed E-state index contributed by atoms with van der Waals surface area (Å²) in [5.41, 5.74) is 2.49. The van der Waals surface area contributed by atoms with Gasteiger partial charge in [0.05, 0.1) is 11.8 Å². The Morgan fingerprint density at radius 1 is 1.07 bits per heavy atom. The summed E-state index contributed by atoms with van der Waals surface area (Å²) in [5.74, 6) is -1.58. The Kier molecular flexibility index (Phi) is 5.55. The maximum absolute atomic E-state index is 14.4. The molecule has 1 aromatic carbocycles. The van der Waals surface area contributed by atoms with Gasteiger partial charge in [0.1, 0.15) is 0 Å². The van der Waals surface area contributed by atoms with Gasteiger partial charge in [0.15, 0.2) is 20.0 Å². The Hall–Kier alpha value is -1.59. The molecule has 1 aliphatic carbocycles. The number of hydrogen-bond donors (Lipinski definition) is 0. The normalized spacial score (nSPS) is 20.9. The Morgan fingerprint density at radius 2 is 1.81 bits per heavy atom. The van der Waals surface area contributed by atoms with E-state index in [0.717, 1.165) is 24.1 Å². The van der Waals surface area contributed by atoms with Gasteiger partial charge in [-0.25, -0.2) is 8.78 Å². The van der Waals surface area contributed by atoms with Crippen LogP contribution in [-0.2, 0) is 10.8 Å². The van der Waals surface area contributed by atoms with Crippen molar-refractivity contribution in [2.24, 2.45) is 0 Å². The lowest BCUT2D eigenvalue weighted by atomic mass is 9.90. The molecule has 0 aliphatic heterocycles. The number of rotatable bonds is 3. The van der Waals surface area contributed by atoms with Crippen LogP contribution in [0.2, 0.25) is 18.1 Å². The molecule has 1 aromatic heterocycles. The highest BCUT2D eigenvalue weighted by atomic mass is 28.4. The molecule has 2 atom stereocenters. The zero-order valence-corrected chi connectivity index (χ0v) is 17.9. The highest BCUT2D eigenvalue weighted by Crippen LogP contribution is 2.44. The number of pyridine rings is 1. The molecule has 0 bridgehead atoms. The molecule has 0 unspecified atom stereocenters. The molecule has 0 saturated carbocycles. The molecule has 5 heteroatoms. The van der Waals surface area contributed by atoms with E-state index in [-0.39, 0.29) is 17.1 Å². The standard InChI is InChI=1S/C22H29F2NOSi/c1-22(2,3)27(4,5)26-19-12-11-15(14-16-8-7-13-25-21(16)19)17-9-6-10-18(23)20(17)24/h6-10,13,15,19H,11-12,14H2,1-5H3/t15-,19-/m1/s1. The highest BCUT2D eigenvalue weighted by Gasteiger charge is 2.41. The van der Waals surface area contributed by atoms with Gasteiger partial charge >= 0.3 is 0 Å². The second-order valence-electron chi connectivity index (χ2n) is 9.04. The van der Waals surface area contributed by atoms with Crippen LogP contribution in [0.5, 0.6) is 0 Å². The van der Waals surface area contributed by atoms with E-state index in [2.05, 4.69) is 38.8 Å². The summed E-state index contributed by atoms with van der Waals surface area (Å²) in [7, 11) is -1.98. The molecule has 27 heavy (non-hydrogen) atoms. The highest BCUT2D eigenvalue weighted by molar-refractivity contribution is 6.74. The summed E-state index contributed by atoms with van der Waals surface area (Å²) < 4.78 is 34.9. The lowest BCUT2D eigenvalue weighted by molar-refractivity contribution is 0.167. The maximum Gasteiger partial charge on any atom is 0.192 e. The minimum Gasteiger partial charge on any atom is -0.408 e. The number of fused-ring (bicyclic) bond motifs is 1. The molecule has 0 amide bonds. The Labute approximate surface area is 162 Å². The van der Waals surface area contributed by atoms with Crippen LogP contribution in [0.4, 0.5) is 8.78 Å². The van der Waals surface area contributed by atoms with Crippen molar-refractivity contribution in [2.45, 2.75) is 70.2 Å². The van der Waals surface area contributed by atoms with Crippen LogP contribution in [0.25, 0.3) is 0 Å². The number of aromatic nitrogens is 1. The average molecular weight is 390 g/mol. The van der Waals surface area contributed by atoms with Crippen molar-refractivity contribution in [1.82, 2.24) is 4.98 Å². The molecule has 146 valence electrons. The smallest absolute Gasteiger partial charge is 0.192 e. The van der Waals surface area contributed by atoms with Crippen LogP contribution < -0.4 is 0 Å². The maximum atomic E-state index is 14.4. The van der Waals surface area contributed by atoms with Gasteiger partial charge in [0.25, 0.3) is 0 Å². The molecule has 2 aromatic rings. The SMILES string of the molecule is CC(C)(C)[Si](C)(C)O[C@@H]1CC[C@@H](c2cccc(F)c2F)Cc2cccnc21. The van der Waals surface area contributed by atoms with E-state index in [9.17, 15) is 8.78 Å². The third-order valence-electron chi connectivity index (χ3n) is 6.14. The Morgan fingerprint density at radius 3 is 2.52 bits per heavy atom. The summed E-state index contributed by atoms with van der Waals surface area (Å²) in [5, 5.41) is 0.0995. The summed E-state index contributed by atoms with van der Waals surface area (Å²) in [6.07, 6.45) is 3.86. The molecule has 0 N–H and O–H groups in total. The molecule has 1 heterocycles. The van der Waals surface area contributed by atoms with Crippen LogP contribution in [0, 0.1) is 11.6 Å². The van der Waals surface area contributed by atoms with Gasteiger partial charge in [-0.15, -0.1) is 0 Å². The van der Waals surface area contributed by atoms with Crippen molar-refractivity contribution < 1.29 is 13.2 Å². The van der Waals surface area contributed by atoms with Crippen molar-refractivity contribution in [3.8, 4) is 0 Å². The van der Waals surface area contributed by atoms with Crippen molar-refractivity contribution in [1.29, 1.82) is 0 Å². The van der Waals surface area contributed by atoms with Gasteiger partial charge in [0.2, 0.25) is 0 Å². The third kappa shape index (κ3) is 4.14. The molecular formula is C22H29F2NOSi. The average Bonchev–Trinajstić information content (AvgIpc) is 2.76. The number of benzene rings is 1. The fourth-order valence-electron chi connectivity index (χ4n) is 3.52. The molecule has 0 saturated heterocycles. The first-order valence-electron chi connectivity index (χ1n) is 9.65. The fraction of sp³-hybridized carbons (Fsp3) is 0.500. The van der Waals surface area contributed by atoms with Crippen molar-refractivity contribution in [3.05, 3.63) is 65.0 Å². The molecule has 0 radical (unpaired) electrons. The third-order valence-corrected chi connectivity index (χ3v) is 10.6. The number of halogens is 2. The number of hydrogen-bond acceptors (Lipinski definition) is 2. The van der Waals surface area contributed by atoms with Crippen molar-refractivity contribution >= 4 is 8.32 Å². The van der Waals surface area contributed by atoms with Gasteiger partial charge < -0.3 is 4.43 Å². The summed E-state index contributed by atoms with van der Waals surface area (Å²) >= 11 is 0. The number of nitrogens with zero attached hydrogens (tertiary/aromatic N) is 1. The predicted octanol–water partition coefficient (Wildman–Crippen LogP) is 6.54. The zero-order chi connectivity index (χ0) is 19.8. The topological polar surface area (TPSA) is 22.1 Å². The Balaban J connectivity index is 1.94. The Bertz CT molecular complexity index is 816. The molecule has 3 rings (SSSR count). The second-order valence-corrected chi connectivity index (χ2v) is 13.8. The van der Waals surface area contributed by atoms with Crippen molar-refractivity contribution in [3.63, 3.8) is 0 Å². The second kappa shape index (κ2) is 7.44. The summed E-state index contributed by atoms with van der Waals surface area (Å²) in [6, 6.07) is 8.42. The van der Waals surface area contributed by atoms with Crippen LogP contribution in [0.1, 0.15) is 62.5 Å². The van der Waals surface area contributed by atoms with Crippen LogP contribution in [0.3, 0.4) is 0 Å². The minimum atomic E-state index is -1.98. The van der Waals surface area contributed by atoms with Crippen LogP contribution >= 0.6 is 0 Å². The van der Waals surface area contributed by atoms with Gasteiger partial charge in [0, 0.05) is 6.20 Å². The molecule has 0 fully saturated rings. The first-order chi connectivity index (χ1) is 12.6. The summed E-state index contributed by atoms with van der Waals surface area (Å²) in [4.78, 5) is 4.62. The minimum absolute atomic E-state index is 0.0725. The summed E-state index contributed by atoms with van der Waals surface area (Å²) in [6.45, 7) is 11.1. The van der Waals surface area contributed by atoms with E-state index >= 15 is 0 Å². The van der Waals surface area contributed by atoms with Gasteiger partial charge in [-0.3, -0.25) is 4.98 Å². The van der Waals surface area contributed by atoms with Crippen LogP contribution in [-0.4, -0.2) is 13.3 Å². The van der Waals surface area contributed by atoms with E-state index < -0.39 is 20.0 Å². The monoisotopic (exact) mass is 389 g/mol. The molecule has 2 nitrogen and oxygen atoms in total. The predicted molar refractivity (Wildman–Crippen MR) is 107 cm³/mol. The molecule has 0 spiro atoms. The van der Waals surface area contributed by atoms with E-state index in [1.165, 1.54) is 6.07 Å². The van der Waals surface area contributed by atoms with E-state index in [1.807, 2.05) is 12.1 Å². The lowest BCUT2D eigenvalue weighted by Crippen LogP contribution is -2.42. The molecular weight excluding hydrogens is 360 g/mol. The van der Waals surface area contributed by atoms with E-state index in [1.54, 1.807) is 18.3 Å². The van der Waals surface area contributed by atoms with Crippen LogP contribution in [0.15, 0.2) is 36.5 Å². The quantitative estimate of drug-likeness (QED) is 0.439. The van der Waals surface area contributed by atoms with E-state index in [0.29, 0.717) is 12.0 Å². The fourth-order valence-corrected chi connectivity index (χ4v) is 4.81. The largest absolute Gasteiger partial charge is 0.408 e.